The number of carbonyl (C=O) groups excluding carboxylic acids is 2. The van der Waals surface area contributed by atoms with Crippen LogP contribution in [0.2, 0.25) is 0 Å². The number of ketones is 1. The first-order valence-corrected chi connectivity index (χ1v) is 8.25. The molecule has 0 aromatic carbocycles. The van der Waals surface area contributed by atoms with Crippen LogP contribution in [0, 0.1) is 16.2 Å². The number of hydrogen-bond acceptors (Lipinski definition) is 3. The van der Waals surface area contributed by atoms with Crippen molar-refractivity contribution in [3.05, 3.63) is 23.3 Å². The van der Waals surface area contributed by atoms with Crippen molar-refractivity contribution in [2.45, 2.75) is 67.9 Å². The van der Waals surface area contributed by atoms with E-state index in [1.807, 2.05) is 53.7 Å². The molecule has 0 N–H and O–H groups in total. The van der Waals surface area contributed by atoms with Crippen molar-refractivity contribution in [2.75, 3.05) is 6.61 Å². The van der Waals surface area contributed by atoms with Crippen LogP contribution in [-0.4, -0.2) is 24.3 Å². The second-order valence-corrected chi connectivity index (χ2v) is 9.47. The molecular weight excluding hydrogens is 288 g/mol. The van der Waals surface area contributed by atoms with Gasteiger partial charge in [0.05, 0.1) is 0 Å². The molecule has 0 spiro atoms. The molecule has 3 heteroatoms. The lowest BCUT2D eigenvalue weighted by molar-refractivity contribution is -0.120. The van der Waals surface area contributed by atoms with E-state index in [9.17, 15) is 9.59 Å². The monoisotopic (exact) mass is 320 g/mol. The van der Waals surface area contributed by atoms with Crippen LogP contribution in [0.1, 0.15) is 62.3 Å². The minimum absolute atomic E-state index is 0.00725. The Morgan fingerprint density at radius 3 is 1.57 bits per heavy atom. The highest BCUT2D eigenvalue weighted by atomic mass is 16.5. The topological polar surface area (TPSA) is 43.4 Å². The number of hydrogen-bond donors (Lipinski definition) is 0. The maximum Gasteiger partial charge on any atom is 0.185 e. The predicted octanol–water partition coefficient (Wildman–Crippen LogP) is 4.51. The largest absolute Gasteiger partial charge is 0.359 e. The van der Waals surface area contributed by atoms with E-state index >= 15 is 0 Å². The van der Waals surface area contributed by atoms with E-state index < -0.39 is 5.60 Å². The van der Waals surface area contributed by atoms with Gasteiger partial charge in [0, 0.05) is 11.1 Å². The van der Waals surface area contributed by atoms with Gasteiger partial charge in [-0.15, -0.1) is 0 Å². The van der Waals surface area contributed by atoms with Crippen molar-refractivity contribution in [3.8, 4) is 0 Å². The second kappa shape index (κ2) is 6.01. The van der Waals surface area contributed by atoms with Crippen molar-refractivity contribution in [3.63, 3.8) is 0 Å². The van der Waals surface area contributed by atoms with Crippen LogP contribution in [0.15, 0.2) is 23.3 Å². The zero-order valence-corrected chi connectivity index (χ0v) is 16.2. The van der Waals surface area contributed by atoms with Crippen LogP contribution in [-0.2, 0) is 14.3 Å². The minimum atomic E-state index is -0.771. The third kappa shape index (κ3) is 4.00. The average molecular weight is 320 g/mol. The van der Waals surface area contributed by atoms with Crippen LogP contribution in [0.25, 0.3) is 0 Å². The van der Waals surface area contributed by atoms with Crippen LogP contribution >= 0.6 is 0 Å². The molecule has 0 aromatic heterocycles. The lowest BCUT2D eigenvalue weighted by Gasteiger charge is -2.45. The summed E-state index contributed by atoms with van der Waals surface area (Å²) in [5.74, 6) is 0.0829. The van der Waals surface area contributed by atoms with Crippen molar-refractivity contribution in [2.24, 2.45) is 16.2 Å². The van der Waals surface area contributed by atoms with Gasteiger partial charge in [-0.3, -0.25) is 4.79 Å². The summed E-state index contributed by atoms with van der Waals surface area (Å²) < 4.78 is 6.01. The number of aldehydes is 1. The molecule has 0 radical (unpaired) electrons. The van der Waals surface area contributed by atoms with Gasteiger partial charge < -0.3 is 9.53 Å². The summed E-state index contributed by atoms with van der Waals surface area (Å²) in [5, 5.41) is 0. The summed E-state index contributed by atoms with van der Waals surface area (Å²) in [6.07, 6.45) is 4.64. The zero-order chi connectivity index (χ0) is 18.3. The predicted molar refractivity (Wildman–Crippen MR) is 94.3 cm³/mol. The van der Waals surface area contributed by atoms with Crippen molar-refractivity contribution < 1.29 is 14.3 Å². The Balaban J connectivity index is 3.69. The van der Waals surface area contributed by atoms with Crippen LogP contribution < -0.4 is 0 Å². The summed E-state index contributed by atoms with van der Waals surface area (Å²) >= 11 is 0. The standard InChI is InChI=1S/C20H32O3/c1-17(2,3)14-12-20(19(7,8)9,23-11-10-21)13-15(16(14)22)18(4,5)6/h10,12-13H,11H2,1-9H3. The summed E-state index contributed by atoms with van der Waals surface area (Å²) in [4.78, 5) is 24.0. The third-order valence-electron chi connectivity index (χ3n) is 4.39. The molecule has 0 aromatic rings. The van der Waals surface area contributed by atoms with E-state index in [1.165, 1.54) is 0 Å². The SMILES string of the molecule is CC(C)(C)C1=CC(OCC=O)(C(C)(C)C)C=C(C(C)(C)C)C1=O. The Kier molecular flexibility index (Phi) is 5.18. The fourth-order valence-electron chi connectivity index (χ4n) is 2.77. The van der Waals surface area contributed by atoms with Gasteiger partial charge in [-0.1, -0.05) is 62.3 Å². The highest BCUT2D eigenvalue weighted by Crippen LogP contribution is 2.47. The fraction of sp³-hybridized carbons (Fsp3) is 0.700. The van der Waals surface area contributed by atoms with Gasteiger partial charge >= 0.3 is 0 Å². The highest BCUT2D eigenvalue weighted by Gasteiger charge is 2.47. The Labute approximate surface area is 141 Å². The maximum atomic E-state index is 13.0. The molecule has 1 aliphatic rings. The molecule has 1 rings (SSSR count). The lowest BCUT2D eigenvalue weighted by Crippen LogP contribution is -2.47. The minimum Gasteiger partial charge on any atom is -0.359 e. The molecule has 0 saturated carbocycles. The normalized spacial score (nSPS) is 19.3. The molecule has 1 aliphatic carbocycles. The first-order valence-electron chi connectivity index (χ1n) is 8.25. The van der Waals surface area contributed by atoms with Crippen LogP contribution in [0.5, 0.6) is 0 Å². The molecule has 0 heterocycles. The number of carbonyl (C=O) groups is 2. The molecule has 23 heavy (non-hydrogen) atoms. The molecule has 0 aliphatic heterocycles. The molecule has 0 amide bonds. The Bertz CT molecular complexity index is 509. The maximum absolute atomic E-state index is 13.0. The highest BCUT2D eigenvalue weighted by molar-refractivity contribution is 6.11. The van der Waals surface area contributed by atoms with Gasteiger partial charge in [-0.2, -0.15) is 0 Å². The summed E-state index contributed by atoms with van der Waals surface area (Å²) in [6, 6.07) is 0. The molecular formula is C20H32O3. The smallest absolute Gasteiger partial charge is 0.185 e. The number of allylic oxidation sites excluding steroid dienone is 2. The Morgan fingerprint density at radius 2 is 1.30 bits per heavy atom. The average Bonchev–Trinajstić information content (AvgIpc) is 2.33. The fourth-order valence-corrected chi connectivity index (χ4v) is 2.77. The van der Waals surface area contributed by atoms with E-state index in [0.717, 1.165) is 17.4 Å². The molecule has 3 nitrogen and oxygen atoms in total. The molecule has 0 saturated heterocycles. The van der Waals surface area contributed by atoms with E-state index in [1.54, 1.807) is 0 Å². The van der Waals surface area contributed by atoms with Gasteiger partial charge in [-0.25, -0.2) is 0 Å². The number of Topliss-reactive ketones (excluding diaryl/α,β-unsaturated/α-hetero) is 1. The summed E-state index contributed by atoms with van der Waals surface area (Å²) in [6.45, 7) is 18.4. The van der Waals surface area contributed by atoms with Crippen molar-refractivity contribution in [1.82, 2.24) is 0 Å². The van der Waals surface area contributed by atoms with Crippen LogP contribution in [0.4, 0.5) is 0 Å². The van der Waals surface area contributed by atoms with Gasteiger partial charge in [0.2, 0.25) is 0 Å². The second-order valence-electron chi connectivity index (χ2n) is 9.47. The molecule has 0 unspecified atom stereocenters. The molecule has 0 atom stereocenters. The summed E-state index contributed by atoms with van der Waals surface area (Å²) in [7, 11) is 0. The Morgan fingerprint density at radius 1 is 0.913 bits per heavy atom. The lowest BCUT2D eigenvalue weighted by atomic mass is 9.64. The zero-order valence-electron chi connectivity index (χ0n) is 16.2. The first-order chi connectivity index (χ1) is 10.2. The summed E-state index contributed by atoms with van der Waals surface area (Å²) in [5.41, 5.74) is -0.126. The van der Waals surface area contributed by atoms with Gasteiger partial charge in [0.1, 0.15) is 18.5 Å². The van der Waals surface area contributed by atoms with Gasteiger partial charge in [0.25, 0.3) is 0 Å². The van der Waals surface area contributed by atoms with E-state index in [2.05, 4.69) is 20.8 Å². The molecule has 0 fully saturated rings. The van der Waals surface area contributed by atoms with E-state index in [4.69, 9.17) is 4.74 Å². The number of rotatable bonds is 3. The van der Waals surface area contributed by atoms with Gasteiger partial charge in [0.15, 0.2) is 5.78 Å². The molecule has 0 bridgehead atoms. The van der Waals surface area contributed by atoms with Crippen molar-refractivity contribution >= 4 is 12.1 Å². The number of ether oxygens (including phenoxy) is 1. The quantitative estimate of drug-likeness (QED) is 0.718. The Hall–Kier alpha value is -1.22. The molecule has 130 valence electrons. The third-order valence-corrected chi connectivity index (χ3v) is 4.39. The van der Waals surface area contributed by atoms with Crippen LogP contribution in [0.3, 0.4) is 0 Å². The van der Waals surface area contributed by atoms with Crippen molar-refractivity contribution in [1.29, 1.82) is 0 Å². The van der Waals surface area contributed by atoms with E-state index in [-0.39, 0.29) is 28.6 Å². The van der Waals surface area contributed by atoms with E-state index in [0.29, 0.717) is 0 Å². The first kappa shape index (κ1) is 19.8. The van der Waals surface area contributed by atoms with Gasteiger partial charge in [-0.05, 0) is 28.4 Å².